The van der Waals surface area contributed by atoms with Gasteiger partial charge in [-0.2, -0.15) is 0 Å². The number of ether oxygens (including phenoxy) is 1. The molecule has 158 valence electrons. The zero-order valence-corrected chi connectivity index (χ0v) is 18.4. The van der Waals surface area contributed by atoms with Crippen molar-refractivity contribution in [1.82, 2.24) is 5.32 Å². The highest BCUT2D eigenvalue weighted by molar-refractivity contribution is 7.94. The van der Waals surface area contributed by atoms with E-state index in [2.05, 4.69) is 10.0 Å². The predicted octanol–water partition coefficient (Wildman–Crippen LogP) is 4.37. The fourth-order valence-electron chi connectivity index (χ4n) is 3.10. The van der Waals surface area contributed by atoms with Gasteiger partial charge in [0, 0.05) is 11.3 Å². The summed E-state index contributed by atoms with van der Waals surface area (Å²) in [6, 6.07) is 17.5. The number of benzene rings is 2. The van der Waals surface area contributed by atoms with Gasteiger partial charge in [0.2, 0.25) is 5.91 Å². The third-order valence-electron chi connectivity index (χ3n) is 4.59. The monoisotopic (exact) mass is 444 g/mol. The molecule has 1 atom stereocenters. The highest BCUT2D eigenvalue weighted by atomic mass is 32.2. The van der Waals surface area contributed by atoms with E-state index < -0.39 is 10.0 Å². The number of anilines is 1. The number of sulfonamides is 1. The number of rotatable bonds is 9. The van der Waals surface area contributed by atoms with Crippen LogP contribution in [0.5, 0.6) is 5.75 Å². The Hall–Kier alpha value is -2.84. The number of carbonyl (C=O) groups excluding carboxylic acids is 1. The first kappa shape index (κ1) is 21.9. The normalized spacial score (nSPS) is 12.2. The molecule has 0 saturated heterocycles. The highest BCUT2D eigenvalue weighted by Gasteiger charge is 2.17. The summed E-state index contributed by atoms with van der Waals surface area (Å²) in [6.45, 7) is 2.01. The molecule has 8 heteroatoms. The van der Waals surface area contributed by atoms with E-state index in [1.54, 1.807) is 48.9 Å². The molecule has 0 spiro atoms. The number of carbonyl (C=O) groups is 1. The van der Waals surface area contributed by atoms with Crippen molar-refractivity contribution >= 4 is 33.0 Å². The Bertz CT molecular complexity index is 1080. The fraction of sp³-hybridized carbons (Fsp3) is 0.227. The maximum Gasteiger partial charge on any atom is 0.271 e. The van der Waals surface area contributed by atoms with Gasteiger partial charge < -0.3 is 10.1 Å². The van der Waals surface area contributed by atoms with E-state index in [0.29, 0.717) is 5.69 Å². The van der Waals surface area contributed by atoms with E-state index in [0.717, 1.165) is 34.6 Å². The third kappa shape index (κ3) is 5.40. The van der Waals surface area contributed by atoms with Crippen LogP contribution in [0.2, 0.25) is 0 Å². The summed E-state index contributed by atoms with van der Waals surface area (Å²) in [6.07, 6.45) is 0.930. The lowest BCUT2D eigenvalue weighted by atomic mass is 10.0. The van der Waals surface area contributed by atoms with Gasteiger partial charge in [-0.15, -0.1) is 11.3 Å². The molecule has 0 aliphatic heterocycles. The third-order valence-corrected chi connectivity index (χ3v) is 7.37. The largest absolute Gasteiger partial charge is 0.496 e. The Morgan fingerprint density at radius 3 is 2.43 bits per heavy atom. The minimum atomic E-state index is -3.59. The van der Waals surface area contributed by atoms with E-state index in [1.807, 2.05) is 31.2 Å². The molecule has 0 fully saturated rings. The summed E-state index contributed by atoms with van der Waals surface area (Å²) in [5.41, 5.74) is 2.18. The van der Waals surface area contributed by atoms with Crippen molar-refractivity contribution in [3.63, 3.8) is 0 Å². The van der Waals surface area contributed by atoms with Crippen molar-refractivity contribution < 1.29 is 17.9 Å². The first-order chi connectivity index (χ1) is 14.4. The van der Waals surface area contributed by atoms with Crippen LogP contribution in [0.15, 0.2) is 70.3 Å². The lowest BCUT2D eigenvalue weighted by Gasteiger charge is -2.20. The quantitative estimate of drug-likeness (QED) is 0.513. The Morgan fingerprint density at radius 2 is 1.80 bits per heavy atom. The SMILES string of the molecule is CCC(NC(=O)Cc1ccc(NS(=O)(=O)c2cccs2)cc1)c1ccccc1OC. The number of hydrogen-bond acceptors (Lipinski definition) is 5. The fourth-order valence-corrected chi connectivity index (χ4v) is 5.15. The Labute approximate surface area is 181 Å². The molecule has 0 aliphatic rings. The summed E-state index contributed by atoms with van der Waals surface area (Å²) in [5, 5.41) is 4.76. The van der Waals surface area contributed by atoms with Gasteiger partial charge in [-0.05, 0) is 41.6 Å². The molecule has 1 aromatic heterocycles. The molecule has 2 aromatic carbocycles. The molecule has 3 aromatic rings. The molecule has 3 rings (SSSR count). The van der Waals surface area contributed by atoms with Gasteiger partial charge >= 0.3 is 0 Å². The molecule has 2 N–H and O–H groups in total. The van der Waals surface area contributed by atoms with Crippen LogP contribution in [0.25, 0.3) is 0 Å². The Balaban J connectivity index is 1.63. The Morgan fingerprint density at radius 1 is 1.07 bits per heavy atom. The van der Waals surface area contributed by atoms with Crippen molar-refractivity contribution in [2.45, 2.75) is 30.0 Å². The van der Waals surface area contributed by atoms with Crippen LogP contribution in [0.4, 0.5) is 5.69 Å². The summed E-state index contributed by atoms with van der Waals surface area (Å²) < 4.78 is 32.8. The minimum Gasteiger partial charge on any atom is -0.496 e. The zero-order valence-electron chi connectivity index (χ0n) is 16.8. The van der Waals surface area contributed by atoms with E-state index in [1.165, 1.54) is 0 Å². The van der Waals surface area contributed by atoms with Crippen molar-refractivity contribution in [2.75, 3.05) is 11.8 Å². The first-order valence-corrected chi connectivity index (χ1v) is 11.9. The molecule has 0 aliphatic carbocycles. The number of methoxy groups -OCH3 is 1. The predicted molar refractivity (Wildman–Crippen MR) is 119 cm³/mol. The van der Waals surface area contributed by atoms with Gasteiger partial charge in [0.15, 0.2) is 0 Å². The van der Waals surface area contributed by atoms with Gasteiger partial charge in [-0.1, -0.05) is 43.3 Å². The van der Waals surface area contributed by atoms with Crippen molar-refractivity contribution in [3.05, 3.63) is 77.2 Å². The van der Waals surface area contributed by atoms with E-state index in [9.17, 15) is 13.2 Å². The van der Waals surface area contributed by atoms with Crippen molar-refractivity contribution in [1.29, 1.82) is 0 Å². The summed E-state index contributed by atoms with van der Waals surface area (Å²) in [4.78, 5) is 12.6. The lowest BCUT2D eigenvalue weighted by molar-refractivity contribution is -0.121. The summed E-state index contributed by atoms with van der Waals surface area (Å²) in [7, 11) is -1.97. The maximum absolute atomic E-state index is 12.6. The molecule has 6 nitrogen and oxygen atoms in total. The number of hydrogen-bond donors (Lipinski definition) is 2. The number of amides is 1. The summed E-state index contributed by atoms with van der Waals surface area (Å²) in [5.74, 6) is 0.631. The number of thiophene rings is 1. The number of nitrogens with one attached hydrogen (secondary N) is 2. The van der Waals surface area contributed by atoms with Crippen LogP contribution in [0.1, 0.15) is 30.5 Å². The second kappa shape index (κ2) is 9.77. The Kier molecular flexibility index (Phi) is 7.12. The van der Waals surface area contributed by atoms with Crippen LogP contribution < -0.4 is 14.8 Å². The van der Waals surface area contributed by atoms with Crippen LogP contribution in [0, 0.1) is 0 Å². The van der Waals surface area contributed by atoms with Gasteiger partial charge in [0.05, 0.1) is 19.6 Å². The molecular formula is C22H24N2O4S2. The van der Waals surface area contributed by atoms with Crippen LogP contribution >= 0.6 is 11.3 Å². The molecule has 30 heavy (non-hydrogen) atoms. The molecule has 1 amide bonds. The number of para-hydroxylation sites is 1. The van der Waals surface area contributed by atoms with Crippen LogP contribution in [-0.4, -0.2) is 21.4 Å². The first-order valence-electron chi connectivity index (χ1n) is 9.50. The highest BCUT2D eigenvalue weighted by Crippen LogP contribution is 2.27. The van der Waals surface area contributed by atoms with Crippen LogP contribution in [-0.2, 0) is 21.2 Å². The van der Waals surface area contributed by atoms with Gasteiger partial charge in [0.25, 0.3) is 10.0 Å². The molecule has 1 heterocycles. The zero-order chi connectivity index (χ0) is 21.6. The average Bonchev–Trinajstić information content (AvgIpc) is 3.29. The summed E-state index contributed by atoms with van der Waals surface area (Å²) >= 11 is 1.16. The van der Waals surface area contributed by atoms with E-state index >= 15 is 0 Å². The van der Waals surface area contributed by atoms with Gasteiger partial charge in [0.1, 0.15) is 9.96 Å². The minimum absolute atomic E-state index is 0.111. The molecule has 1 unspecified atom stereocenters. The van der Waals surface area contributed by atoms with Crippen molar-refractivity contribution in [3.8, 4) is 5.75 Å². The smallest absolute Gasteiger partial charge is 0.271 e. The van der Waals surface area contributed by atoms with E-state index in [4.69, 9.17) is 4.74 Å². The average molecular weight is 445 g/mol. The molecule has 0 saturated carbocycles. The van der Waals surface area contributed by atoms with Gasteiger partial charge in [-0.3, -0.25) is 9.52 Å². The second-order valence-corrected chi connectivity index (χ2v) is 9.54. The van der Waals surface area contributed by atoms with E-state index in [-0.39, 0.29) is 22.6 Å². The lowest BCUT2D eigenvalue weighted by Crippen LogP contribution is -2.29. The van der Waals surface area contributed by atoms with Crippen LogP contribution in [0.3, 0.4) is 0 Å². The van der Waals surface area contributed by atoms with Gasteiger partial charge in [-0.25, -0.2) is 8.42 Å². The topological polar surface area (TPSA) is 84.5 Å². The second-order valence-electron chi connectivity index (χ2n) is 6.68. The molecular weight excluding hydrogens is 420 g/mol. The van der Waals surface area contributed by atoms with Crippen molar-refractivity contribution in [2.24, 2.45) is 0 Å². The maximum atomic E-state index is 12.6. The standard InChI is InChI=1S/C22H24N2O4S2/c1-3-19(18-7-4-5-8-20(18)28-2)23-21(25)15-16-10-12-17(13-11-16)24-30(26,27)22-9-6-14-29-22/h4-14,19,24H,3,15H2,1-2H3,(H,23,25). The molecule has 0 radical (unpaired) electrons. The molecule has 0 bridgehead atoms.